The minimum atomic E-state index is 0.700. The van der Waals surface area contributed by atoms with E-state index in [2.05, 4.69) is 72.9 Å². The van der Waals surface area contributed by atoms with Gasteiger partial charge in [-0.15, -0.1) is 11.3 Å². The molecule has 5 nitrogen and oxygen atoms in total. The van der Waals surface area contributed by atoms with E-state index >= 15 is 0 Å². The number of aliphatic imine (C=N–C) groups is 1. The van der Waals surface area contributed by atoms with E-state index < -0.39 is 0 Å². The van der Waals surface area contributed by atoms with Crippen LogP contribution in [0.15, 0.2) is 52.8 Å². The average molecular weight is 412 g/mol. The molecule has 2 fully saturated rings. The van der Waals surface area contributed by atoms with Gasteiger partial charge in [0, 0.05) is 63.4 Å². The molecule has 2 saturated heterocycles. The van der Waals surface area contributed by atoms with Crippen LogP contribution in [0.5, 0.6) is 0 Å². The Morgan fingerprint density at radius 3 is 2.62 bits per heavy atom. The Kier molecular flexibility index (Phi) is 7.06. The summed E-state index contributed by atoms with van der Waals surface area (Å²) in [5.74, 6) is 1.76. The van der Waals surface area contributed by atoms with Crippen molar-refractivity contribution in [3.8, 4) is 0 Å². The van der Waals surface area contributed by atoms with Crippen LogP contribution in [0, 0.1) is 5.92 Å². The highest BCUT2D eigenvalue weighted by Gasteiger charge is 2.23. The molecule has 1 aromatic heterocycles. The highest BCUT2D eigenvalue weighted by atomic mass is 32.1. The van der Waals surface area contributed by atoms with Gasteiger partial charge < -0.3 is 15.1 Å². The van der Waals surface area contributed by atoms with Crippen molar-refractivity contribution in [2.45, 2.75) is 19.4 Å². The molecule has 2 aliphatic heterocycles. The number of anilines is 1. The molecule has 0 aliphatic carbocycles. The number of hydrogen-bond acceptors (Lipinski definition) is 4. The number of nitrogens with zero attached hydrogens (tertiary/aromatic N) is 4. The van der Waals surface area contributed by atoms with Crippen LogP contribution in [-0.4, -0.2) is 68.6 Å². The fourth-order valence-electron chi connectivity index (χ4n) is 4.47. The molecule has 1 N–H and O–H groups in total. The molecule has 0 saturated carbocycles. The van der Waals surface area contributed by atoms with E-state index in [1.54, 1.807) is 0 Å². The first-order valence-corrected chi connectivity index (χ1v) is 11.7. The van der Waals surface area contributed by atoms with Gasteiger partial charge in [0.25, 0.3) is 0 Å². The summed E-state index contributed by atoms with van der Waals surface area (Å²) < 4.78 is 0. The number of thiophene rings is 1. The quantitative estimate of drug-likeness (QED) is 0.604. The van der Waals surface area contributed by atoms with Gasteiger partial charge in [0.2, 0.25) is 0 Å². The molecular weight excluding hydrogens is 378 g/mol. The largest absolute Gasteiger partial charge is 0.368 e. The molecule has 2 aromatic rings. The third kappa shape index (κ3) is 5.52. The van der Waals surface area contributed by atoms with Gasteiger partial charge in [0.05, 0.1) is 0 Å². The zero-order valence-corrected chi connectivity index (χ0v) is 18.3. The molecule has 1 atom stereocenters. The van der Waals surface area contributed by atoms with Gasteiger partial charge >= 0.3 is 0 Å². The number of likely N-dealkylation sites (tertiary alicyclic amines) is 1. The first-order chi connectivity index (χ1) is 14.3. The molecule has 1 unspecified atom stereocenters. The number of hydrogen-bond donors (Lipinski definition) is 1. The van der Waals surface area contributed by atoms with Crippen LogP contribution >= 0.6 is 11.3 Å². The van der Waals surface area contributed by atoms with Gasteiger partial charge in [-0.3, -0.25) is 9.89 Å². The van der Waals surface area contributed by atoms with Crippen molar-refractivity contribution in [2.24, 2.45) is 10.9 Å². The predicted molar refractivity (Wildman–Crippen MR) is 124 cm³/mol. The van der Waals surface area contributed by atoms with Crippen LogP contribution in [0.1, 0.15) is 17.7 Å². The van der Waals surface area contributed by atoms with Gasteiger partial charge in [0.15, 0.2) is 5.96 Å². The molecule has 0 bridgehead atoms. The van der Waals surface area contributed by atoms with Crippen LogP contribution in [0.2, 0.25) is 0 Å². The summed E-state index contributed by atoms with van der Waals surface area (Å²) in [6, 6.07) is 15.1. The van der Waals surface area contributed by atoms with E-state index in [0.29, 0.717) is 5.92 Å². The molecule has 6 heteroatoms. The second kappa shape index (κ2) is 10.1. The van der Waals surface area contributed by atoms with Crippen LogP contribution in [0.4, 0.5) is 5.69 Å². The van der Waals surface area contributed by atoms with Gasteiger partial charge in [-0.2, -0.15) is 0 Å². The lowest BCUT2D eigenvalue weighted by Crippen LogP contribution is -2.53. The van der Waals surface area contributed by atoms with E-state index in [-0.39, 0.29) is 0 Å². The lowest BCUT2D eigenvalue weighted by Gasteiger charge is -2.38. The minimum absolute atomic E-state index is 0.700. The highest BCUT2D eigenvalue weighted by molar-refractivity contribution is 7.09. The third-order valence-electron chi connectivity index (χ3n) is 6.02. The molecule has 0 spiro atoms. The zero-order valence-electron chi connectivity index (χ0n) is 17.5. The van der Waals surface area contributed by atoms with Crippen LogP contribution in [0.3, 0.4) is 0 Å². The second-order valence-corrected chi connectivity index (χ2v) is 9.09. The van der Waals surface area contributed by atoms with Crippen molar-refractivity contribution in [1.82, 2.24) is 15.1 Å². The number of rotatable bonds is 5. The van der Waals surface area contributed by atoms with Crippen molar-refractivity contribution >= 4 is 23.0 Å². The highest BCUT2D eigenvalue weighted by Crippen LogP contribution is 2.20. The summed E-state index contributed by atoms with van der Waals surface area (Å²) in [6.45, 7) is 8.66. The Morgan fingerprint density at radius 2 is 1.90 bits per heavy atom. The predicted octanol–water partition coefficient (Wildman–Crippen LogP) is 3.36. The minimum Gasteiger partial charge on any atom is -0.368 e. The standard InChI is InChI=1S/C23H33N5S/c1-24-23(28-14-12-27(13-15-28)21-8-3-2-4-9-21)25-17-20-7-5-11-26(18-20)19-22-10-6-16-29-22/h2-4,6,8-10,16,20H,5,7,11-15,17-19H2,1H3,(H,24,25). The molecule has 4 rings (SSSR count). The summed E-state index contributed by atoms with van der Waals surface area (Å²) in [6.07, 6.45) is 2.61. The van der Waals surface area contributed by atoms with Crippen molar-refractivity contribution in [2.75, 3.05) is 57.8 Å². The Bertz CT molecular complexity index is 753. The van der Waals surface area contributed by atoms with Gasteiger partial charge in [-0.1, -0.05) is 24.3 Å². The Labute approximate surface area is 179 Å². The maximum Gasteiger partial charge on any atom is 0.193 e. The zero-order chi connectivity index (χ0) is 19.9. The number of para-hydroxylation sites is 1. The number of guanidine groups is 1. The second-order valence-electron chi connectivity index (χ2n) is 8.06. The summed E-state index contributed by atoms with van der Waals surface area (Å²) in [7, 11) is 1.91. The fraction of sp³-hybridized carbons (Fsp3) is 0.522. The Balaban J connectivity index is 1.23. The smallest absolute Gasteiger partial charge is 0.193 e. The molecule has 29 heavy (non-hydrogen) atoms. The molecular formula is C23H33N5S. The molecule has 156 valence electrons. The average Bonchev–Trinajstić information content (AvgIpc) is 3.29. The number of piperidine rings is 1. The summed E-state index contributed by atoms with van der Waals surface area (Å²) in [5, 5.41) is 5.86. The van der Waals surface area contributed by atoms with Crippen molar-refractivity contribution < 1.29 is 0 Å². The summed E-state index contributed by atoms with van der Waals surface area (Å²) >= 11 is 1.87. The molecule has 2 aliphatic rings. The number of nitrogens with one attached hydrogen (secondary N) is 1. The maximum absolute atomic E-state index is 4.57. The third-order valence-corrected chi connectivity index (χ3v) is 6.89. The molecule has 0 amide bonds. The SMILES string of the molecule is CN=C(NCC1CCCN(Cc2cccs2)C1)N1CCN(c2ccccc2)CC1. The molecule has 1 aromatic carbocycles. The van der Waals surface area contributed by atoms with Gasteiger partial charge in [-0.25, -0.2) is 0 Å². The van der Waals surface area contributed by atoms with Gasteiger partial charge in [-0.05, 0) is 48.9 Å². The maximum atomic E-state index is 4.57. The summed E-state index contributed by atoms with van der Waals surface area (Å²) in [4.78, 5) is 13.5. The normalized spacial score (nSPS) is 21.4. The summed E-state index contributed by atoms with van der Waals surface area (Å²) in [5.41, 5.74) is 1.32. The fourth-order valence-corrected chi connectivity index (χ4v) is 5.21. The molecule has 0 radical (unpaired) electrons. The Hall–Kier alpha value is -2.05. The first kappa shape index (κ1) is 20.2. The van der Waals surface area contributed by atoms with Crippen LogP contribution < -0.4 is 10.2 Å². The van der Waals surface area contributed by atoms with Crippen LogP contribution in [-0.2, 0) is 6.54 Å². The van der Waals surface area contributed by atoms with E-state index in [0.717, 1.165) is 45.2 Å². The lowest BCUT2D eigenvalue weighted by molar-refractivity contribution is 0.169. The Morgan fingerprint density at radius 1 is 1.07 bits per heavy atom. The van der Waals surface area contributed by atoms with E-state index in [1.807, 2.05) is 18.4 Å². The monoisotopic (exact) mass is 411 g/mol. The topological polar surface area (TPSA) is 34.1 Å². The van der Waals surface area contributed by atoms with E-state index in [4.69, 9.17) is 0 Å². The number of benzene rings is 1. The van der Waals surface area contributed by atoms with Crippen molar-refractivity contribution in [1.29, 1.82) is 0 Å². The van der Waals surface area contributed by atoms with Crippen molar-refractivity contribution in [3.63, 3.8) is 0 Å². The first-order valence-electron chi connectivity index (χ1n) is 10.8. The van der Waals surface area contributed by atoms with E-state index in [9.17, 15) is 0 Å². The number of piperazine rings is 1. The van der Waals surface area contributed by atoms with Crippen LogP contribution in [0.25, 0.3) is 0 Å². The van der Waals surface area contributed by atoms with Crippen molar-refractivity contribution in [3.05, 3.63) is 52.7 Å². The lowest BCUT2D eigenvalue weighted by atomic mass is 9.98. The van der Waals surface area contributed by atoms with Gasteiger partial charge in [0.1, 0.15) is 0 Å². The molecule has 3 heterocycles. The van der Waals surface area contributed by atoms with E-state index in [1.165, 1.54) is 36.5 Å².